The Labute approximate surface area is 448 Å². The van der Waals surface area contributed by atoms with Crippen LogP contribution in [-0.4, -0.2) is 143 Å². The molecule has 0 spiro atoms. The standard InChI is InChI=1S/C51H62Cl2N12O9S/c1-35-30-57-41(36(2)47(35)68-3)32-63-34-58-45-48(59-51(54)60-49(45)63)55-15-17-69-19-21-71-23-25-73-26-24-72-22-20-70-18-16-64-31-38(61-62-64)33-74-42-12-11-39(28-40(42)53)65(44(66)29-52)46(43-10-7-27-75-43)50(67)56-14-13-37-8-5-4-6-9-37/h4-12,27-28,30-31,34,46H,13-26,29,32-33H2,1-3H3,(H,56,67)(H3,54,55,59,60). The van der Waals surface area contributed by atoms with Crippen LogP contribution >= 0.6 is 34.5 Å². The van der Waals surface area contributed by atoms with E-state index in [1.54, 1.807) is 48.7 Å². The van der Waals surface area contributed by atoms with Gasteiger partial charge in [0.2, 0.25) is 17.8 Å². The molecule has 2 amide bonds. The number of carbonyl (C=O) groups excluding carboxylic acids is 2. The number of benzene rings is 2. The van der Waals surface area contributed by atoms with Gasteiger partial charge in [0, 0.05) is 41.0 Å². The van der Waals surface area contributed by atoms with E-state index < -0.39 is 11.9 Å². The molecule has 5 heterocycles. The molecule has 2 aromatic carbocycles. The van der Waals surface area contributed by atoms with Gasteiger partial charge in [0.05, 0.1) is 110 Å². The van der Waals surface area contributed by atoms with Crippen LogP contribution in [0.2, 0.25) is 5.02 Å². The number of aryl methyl sites for hydroxylation is 1. The topological polar surface area (TPSA) is 239 Å². The molecule has 7 rings (SSSR count). The molecule has 24 heteroatoms. The molecule has 1 atom stereocenters. The number of halogens is 2. The average Bonchev–Trinajstić information content (AvgIpc) is 4.21. The first-order valence-electron chi connectivity index (χ1n) is 24.3. The average molecular weight is 1090 g/mol. The Morgan fingerprint density at radius 1 is 0.867 bits per heavy atom. The maximum atomic E-state index is 13.7. The van der Waals surface area contributed by atoms with Crippen molar-refractivity contribution >= 4 is 75.0 Å². The number of ether oxygens (including phenoxy) is 7. The third-order valence-electron chi connectivity index (χ3n) is 11.5. The first-order valence-corrected chi connectivity index (χ1v) is 26.1. The van der Waals surface area contributed by atoms with Gasteiger partial charge in [0.25, 0.3) is 0 Å². The molecule has 0 aliphatic carbocycles. The number of anilines is 3. The molecule has 21 nitrogen and oxygen atoms in total. The SMILES string of the molecule is COc1c(C)cnc(Cn2cnc3c(NCCOCCOCCOCCOCCOCCn4cc(COc5ccc(N(C(=O)CCl)C(C(=O)NCCc6ccccc6)c6cccs6)cc5Cl)nn4)nc(N)nc32)c1C. The summed E-state index contributed by atoms with van der Waals surface area (Å²) in [5, 5.41) is 16.7. The molecule has 0 saturated heterocycles. The number of hydrogen-bond acceptors (Lipinski definition) is 18. The van der Waals surface area contributed by atoms with Crippen molar-refractivity contribution < 1.29 is 42.7 Å². The van der Waals surface area contributed by atoms with Gasteiger partial charge in [-0.25, -0.2) is 9.67 Å². The summed E-state index contributed by atoms with van der Waals surface area (Å²) in [6.07, 6.45) is 5.89. The Morgan fingerprint density at radius 2 is 1.59 bits per heavy atom. The fourth-order valence-electron chi connectivity index (χ4n) is 7.79. The van der Waals surface area contributed by atoms with Gasteiger partial charge in [0.1, 0.15) is 35.7 Å². The lowest BCUT2D eigenvalue weighted by Gasteiger charge is -2.30. The molecular formula is C51H62Cl2N12O9S. The summed E-state index contributed by atoms with van der Waals surface area (Å²) in [5.74, 6) is 0.701. The van der Waals surface area contributed by atoms with Gasteiger partial charge in [0.15, 0.2) is 17.0 Å². The minimum Gasteiger partial charge on any atom is -0.496 e. The molecule has 0 aliphatic heterocycles. The Hall–Kier alpha value is -6.50. The third kappa shape index (κ3) is 16.5. The summed E-state index contributed by atoms with van der Waals surface area (Å²) >= 11 is 14.2. The normalized spacial score (nSPS) is 11.7. The van der Waals surface area contributed by atoms with Crippen LogP contribution in [-0.2, 0) is 59.4 Å². The second kappa shape index (κ2) is 29.6. The summed E-state index contributed by atoms with van der Waals surface area (Å²) in [5.41, 5.74) is 12.1. The maximum Gasteiger partial charge on any atom is 0.248 e. The highest BCUT2D eigenvalue weighted by atomic mass is 35.5. The van der Waals surface area contributed by atoms with Crippen molar-refractivity contribution in [1.29, 1.82) is 0 Å². The number of hydrogen-bond donors (Lipinski definition) is 3. The number of imidazole rings is 1. The van der Waals surface area contributed by atoms with Crippen LogP contribution in [0, 0.1) is 13.8 Å². The lowest BCUT2D eigenvalue weighted by atomic mass is 10.1. The van der Waals surface area contributed by atoms with Gasteiger partial charge in [-0.2, -0.15) is 9.97 Å². The van der Waals surface area contributed by atoms with Crippen molar-refractivity contribution in [2.45, 2.75) is 46.0 Å². The zero-order valence-electron chi connectivity index (χ0n) is 42.1. The van der Waals surface area contributed by atoms with Gasteiger partial charge in [-0.15, -0.1) is 28.0 Å². The summed E-state index contributed by atoms with van der Waals surface area (Å²) in [6.45, 7) is 10.0. The van der Waals surface area contributed by atoms with E-state index in [1.165, 1.54) is 16.2 Å². The lowest BCUT2D eigenvalue weighted by molar-refractivity contribution is -0.125. The van der Waals surface area contributed by atoms with Crippen LogP contribution in [0.4, 0.5) is 17.5 Å². The number of methoxy groups -OCH3 is 1. The van der Waals surface area contributed by atoms with E-state index in [1.807, 2.05) is 66.3 Å². The Balaban J connectivity index is 0.709. The van der Waals surface area contributed by atoms with Crippen molar-refractivity contribution in [2.75, 3.05) is 108 Å². The van der Waals surface area contributed by atoms with Crippen molar-refractivity contribution in [3.8, 4) is 11.5 Å². The molecule has 0 radical (unpaired) electrons. The Morgan fingerprint density at radius 3 is 2.27 bits per heavy atom. The molecule has 7 aromatic rings. The highest BCUT2D eigenvalue weighted by molar-refractivity contribution is 7.10. The van der Waals surface area contributed by atoms with Crippen LogP contribution < -0.4 is 30.7 Å². The van der Waals surface area contributed by atoms with E-state index in [9.17, 15) is 9.59 Å². The number of alkyl halides is 1. The van der Waals surface area contributed by atoms with E-state index >= 15 is 0 Å². The molecule has 0 bridgehead atoms. The summed E-state index contributed by atoms with van der Waals surface area (Å²) < 4.78 is 43.3. The van der Waals surface area contributed by atoms with Gasteiger partial charge in [-0.05, 0) is 55.5 Å². The fourth-order valence-corrected chi connectivity index (χ4v) is 8.96. The largest absolute Gasteiger partial charge is 0.496 e. The van der Waals surface area contributed by atoms with Crippen LogP contribution in [0.1, 0.15) is 39.0 Å². The predicted molar refractivity (Wildman–Crippen MR) is 286 cm³/mol. The number of nitrogen functional groups attached to an aromatic ring is 1. The van der Waals surface area contributed by atoms with E-state index in [0.717, 1.165) is 28.1 Å². The second-order valence-electron chi connectivity index (χ2n) is 16.7. The number of nitrogens with zero attached hydrogens (tertiary/aromatic N) is 9. The Bertz CT molecular complexity index is 2880. The molecule has 4 N–H and O–H groups in total. The monoisotopic (exact) mass is 1090 g/mol. The van der Waals surface area contributed by atoms with Crippen LogP contribution in [0.5, 0.6) is 11.5 Å². The molecule has 5 aromatic heterocycles. The minimum absolute atomic E-state index is 0.0911. The summed E-state index contributed by atoms with van der Waals surface area (Å²) in [7, 11) is 1.65. The second-order valence-corrected chi connectivity index (χ2v) is 18.4. The zero-order valence-corrected chi connectivity index (χ0v) is 44.5. The van der Waals surface area contributed by atoms with E-state index in [4.69, 9.17) is 62.1 Å². The quantitative estimate of drug-likeness (QED) is 0.0305. The highest BCUT2D eigenvalue weighted by Gasteiger charge is 2.33. The van der Waals surface area contributed by atoms with Crippen molar-refractivity contribution in [3.05, 3.63) is 123 Å². The number of nitrogens with one attached hydrogen (secondary N) is 2. The highest BCUT2D eigenvalue weighted by Crippen LogP contribution is 2.36. The van der Waals surface area contributed by atoms with E-state index in [2.05, 4.69) is 40.9 Å². The maximum absolute atomic E-state index is 13.7. The van der Waals surface area contributed by atoms with Gasteiger partial charge in [-0.3, -0.25) is 19.5 Å². The van der Waals surface area contributed by atoms with E-state index in [-0.39, 0.29) is 29.4 Å². The molecule has 400 valence electrons. The molecular weight excluding hydrogens is 1030 g/mol. The van der Waals surface area contributed by atoms with Crippen molar-refractivity contribution in [2.24, 2.45) is 0 Å². The van der Waals surface area contributed by atoms with Gasteiger partial charge >= 0.3 is 0 Å². The fraction of sp³-hybridized carbons (Fsp3) is 0.412. The first kappa shape index (κ1) is 56.2. The molecule has 1 unspecified atom stereocenters. The number of thiophene rings is 1. The number of rotatable bonds is 33. The summed E-state index contributed by atoms with van der Waals surface area (Å²) in [4.78, 5) is 47.1. The predicted octanol–water partition coefficient (Wildman–Crippen LogP) is 6.23. The zero-order chi connectivity index (χ0) is 52.8. The molecule has 0 aliphatic rings. The number of carbonyl (C=O) groups is 2. The number of aromatic nitrogens is 8. The van der Waals surface area contributed by atoms with Gasteiger partial charge < -0.3 is 54.1 Å². The molecule has 0 saturated carbocycles. The van der Waals surface area contributed by atoms with Crippen molar-refractivity contribution in [1.82, 2.24) is 44.8 Å². The smallest absolute Gasteiger partial charge is 0.248 e. The van der Waals surface area contributed by atoms with Gasteiger partial charge in [-0.1, -0.05) is 53.2 Å². The van der Waals surface area contributed by atoms with Crippen molar-refractivity contribution in [3.63, 3.8) is 0 Å². The van der Waals surface area contributed by atoms with Crippen LogP contribution in [0.25, 0.3) is 11.2 Å². The minimum atomic E-state index is -0.963. The number of pyridine rings is 1. The molecule has 75 heavy (non-hydrogen) atoms. The van der Waals surface area contributed by atoms with Crippen LogP contribution in [0.3, 0.4) is 0 Å². The number of amides is 2. The molecule has 0 fully saturated rings. The Kier molecular flexibility index (Phi) is 22.2. The third-order valence-corrected chi connectivity index (χ3v) is 12.9. The summed E-state index contributed by atoms with van der Waals surface area (Å²) in [6, 6.07) is 17.4. The lowest BCUT2D eigenvalue weighted by Crippen LogP contribution is -2.44. The number of nitrogens with two attached hydrogens (primary N) is 1. The number of fused-ring (bicyclic) bond motifs is 1. The first-order chi connectivity index (χ1) is 36.6. The van der Waals surface area contributed by atoms with Crippen LogP contribution in [0.15, 0.2) is 84.8 Å². The van der Waals surface area contributed by atoms with E-state index in [0.29, 0.717) is 138 Å².